The van der Waals surface area contributed by atoms with Crippen molar-refractivity contribution in [2.45, 2.75) is 23.6 Å². The first-order valence-corrected chi connectivity index (χ1v) is 9.29. The highest BCUT2D eigenvalue weighted by atomic mass is 32.2. The molecule has 0 aliphatic heterocycles. The number of H-pyrrole nitrogens is 1. The number of nitrogens with one attached hydrogen (secondary N) is 2. The fraction of sp³-hybridized carbons (Fsp3) is 0.333. The number of fused-ring (bicyclic) bond motifs is 1. The number of hydrogen-bond acceptors (Lipinski definition) is 7. The Morgan fingerprint density at radius 1 is 1.22 bits per heavy atom. The number of nitrogens with zero attached hydrogens (tertiary/aromatic N) is 3. The number of thioether (sulfide) groups is 1. The average Bonchev–Trinajstić information content (AvgIpc) is 3.17. The Bertz CT molecular complexity index is 930. The predicted octanol–water partition coefficient (Wildman–Crippen LogP) is 2.21. The monoisotopic (exact) mass is 387 g/mol. The minimum absolute atomic E-state index is 0.0493. The molecule has 1 unspecified atom stereocenters. The van der Waals surface area contributed by atoms with Gasteiger partial charge in [0.2, 0.25) is 5.91 Å². The van der Waals surface area contributed by atoms with Crippen molar-refractivity contribution >= 4 is 28.8 Å². The van der Waals surface area contributed by atoms with E-state index >= 15 is 0 Å². The summed E-state index contributed by atoms with van der Waals surface area (Å²) in [6.07, 6.45) is 3.71. The van der Waals surface area contributed by atoms with E-state index in [1.54, 1.807) is 20.5 Å². The van der Waals surface area contributed by atoms with Crippen molar-refractivity contribution in [2.24, 2.45) is 0 Å². The molecule has 0 aliphatic rings. The van der Waals surface area contributed by atoms with E-state index in [0.717, 1.165) is 11.1 Å². The van der Waals surface area contributed by atoms with Gasteiger partial charge in [-0.25, -0.2) is 15.0 Å². The van der Waals surface area contributed by atoms with Crippen LogP contribution in [0.15, 0.2) is 35.9 Å². The third-order valence-corrected chi connectivity index (χ3v) is 5.11. The number of carbonyl (C=O) groups is 1. The van der Waals surface area contributed by atoms with Crippen molar-refractivity contribution in [1.82, 2.24) is 25.3 Å². The van der Waals surface area contributed by atoms with E-state index in [0.29, 0.717) is 35.1 Å². The molecule has 0 fully saturated rings. The molecule has 0 radical (unpaired) electrons. The first-order valence-electron chi connectivity index (χ1n) is 8.41. The number of carbonyl (C=O) groups excluding carboxylic acids is 1. The number of rotatable bonds is 8. The first kappa shape index (κ1) is 19.0. The first-order chi connectivity index (χ1) is 13.1. The minimum Gasteiger partial charge on any atom is -0.493 e. The predicted molar refractivity (Wildman–Crippen MR) is 103 cm³/mol. The molecular formula is C18H21N5O3S. The molecule has 3 rings (SSSR count). The van der Waals surface area contributed by atoms with Crippen molar-refractivity contribution in [2.75, 3.05) is 20.8 Å². The fourth-order valence-corrected chi connectivity index (χ4v) is 3.46. The van der Waals surface area contributed by atoms with E-state index in [-0.39, 0.29) is 11.2 Å². The molecule has 0 bridgehead atoms. The lowest BCUT2D eigenvalue weighted by Crippen LogP contribution is -2.32. The highest BCUT2D eigenvalue weighted by Gasteiger charge is 2.17. The van der Waals surface area contributed by atoms with Crippen LogP contribution in [0.25, 0.3) is 11.2 Å². The second-order valence-electron chi connectivity index (χ2n) is 5.77. The topological polar surface area (TPSA) is 102 Å². The second-order valence-corrected chi connectivity index (χ2v) is 7.10. The number of aromatic nitrogens is 4. The largest absolute Gasteiger partial charge is 0.493 e. The molecule has 3 aromatic rings. The van der Waals surface area contributed by atoms with Gasteiger partial charge in [-0.3, -0.25) is 4.79 Å². The number of ether oxygens (including phenoxy) is 2. The van der Waals surface area contributed by atoms with E-state index in [9.17, 15) is 4.79 Å². The van der Waals surface area contributed by atoms with Gasteiger partial charge in [0, 0.05) is 6.54 Å². The zero-order valence-corrected chi connectivity index (χ0v) is 16.2. The summed E-state index contributed by atoms with van der Waals surface area (Å²) < 4.78 is 10.5. The number of aromatic amines is 1. The van der Waals surface area contributed by atoms with Gasteiger partial charge in [0.1, 0.15) is 16.9 Å². The molecular weight excluding hydrogens is 366 g/mol. The van der Waals surface area contributed by atoms with Crippen LogP contribution in [0, 0.1) is 0 Å². The van der Waals surface area contributed by atoms with Crippen molar-refractivity contribution in [1.29, 1.82) is 0 Å². The maximum Gasteiger partial charge on any atom is 0.233 e. The zero-order valence-electron chi connectivity index (χ0n) is 15.4. The van der Waals surface area contributed by atoms with Crippen LogP contribution in [-0.4, -0.2) is 51.9 Å². The molecule has 2 aromatic heterocycles. The third-order valence-electron chi connectivity index (χ3n) is 4.01. The maximum atomic E-state index is 12.4. The van der Waals surface area contributed by atoms with Gasteiger partial charge in [0.15, 0.2) is 17.1 Å². The van der Waals surface area contributed by atoms with Gasteiger partial charge in [-0.15, -0.1) is 0 Å². The lowest BCUT2D eigenvalue weighted by Gasteiger charge is -2.13. The second kappa shape index (κ2) is 8.72. The summed E-state index contributed by atoms with van der Waals surface area (Å²) in [5.41, 5.74) is 2.39. The van der Waals surface area contributed by atoms with E-state index in [2.05, 4.69) is 25.3 Å². The van der Waals surface area contributed by atoms with Crippen LogP contribution in [0.3, 0.4) is 0 Å². The molecule has 2 N–H and O–H groups in total. The molecule has 9 heteroatoms. The highest BCUT2D eigenvalue weighted by molar-refractivity contribution is 8.00. The summed E-state index contributed by atoms with van der Waals surface area (Å²) in [6, 6.07) is 5.74. The highest BCUT2D eigenvalue weighted by Crippen LogP contribution is 2.28. The smallest absolute Gasteiger partial charge is 0.233 e. The van der Waals surface area contributed by atoms with Crippen molar-refractivity contribution < 1.29 is 14.3 Å². The lowest BCUT2D eigenvalue weighted by molar-refractivity contribution is -0.120. The lowest BCUT2D eigenvalue weighted by atomic mass is 10.1. The Balaban J connectivity index is 1.54. The van der Waals surface area contributed by atoms with Gasteiger partial charge >= 0.3 is 0 Å². The standard InChI is InChI=1S/C18H21N5O3S/c1-11(27-18-15-16(21-9-20-15)22-10-23-18)17(24)19-7-6-12-4-5-13(25-2)14(8-12)26-3/h4-5,8-11H,6-7H2,1-3H3,(H,19,24)(H,20,21,22,23). The van der Waals surface area contributed by atoms with Crippen molar-refractivity contribution in [3.05, 3.63) is 36.4 Å². The summed E-state index contributed by atoms with van der Waals surface area (Å²) in [4.78, 5) is 27.8. The Labute approximate surface area is 161 Å². The Morgan fingerprint density at radius 3 is 2.81 bits per heavy atom. The molecule has 27 heavy (non-hydrogen) atoms. The van der Waals surface area contributed by atoms with Crippen LogP contribution in [0.5, 0.6) is 11.5 Å². The average molecular weight is 387 g/mol. The van der Waals surface area contributed by atoms with Crippen LogP contribution in [0.4, 0.5) is 0 Å². The van der Waals surface area contributed by atoms with E-state index < -0.39 is 0 Å². The van der Waals surface area contributed by atoms with Crippen molar-refractivity contribution in [3.63, 3.8) is 0 Å². The quantitative estimate of drug-likeness (QED) is 0.451. The summed E-state index contributed by atoms with van der Waals surface area (Å²) in [7, 11) is 3.21. The van der Waals surface area contributed by atoms with Crippen LogP contribution >= 0.6 is 11.8 Å². The molecule has 2 heterocycles. The molecule has 0 aliphatic carbocycles. The maximum absolute atomic E-state index is 12.4. The van der Waals surface area contributed by atoms with Crippen molar-refractivity contribution in [3.8, 4) is 11.5 Å². The number of methoxy groups -OCH3 is 2. The Hall–Kier alpha value is -2.81. The van der Waals surface area contributed by atoms with Crippen LogP contribution in [-0.2, 0) is 11.2 Å². The molecule has 0 saturated heterocycles. The zero-order chi connectivity index (χ0) is 19.2. The molecule has 8 nitrogen and oxygen atoms in total. The van der Waals surface area contributed by atoms with Gasteiger partial charge in [-0.1, -0.05) is 17.8 Å². The van der Waals surface area contributed by atoms with Gasteiger partial charge < -0.3 is 19.8 Å². The fourth-order valence-electron chi connectivity index (χ4n) is 2.56. The van der Waals surface area contributed by atoms with Gasteiger partial charge in [-0.05, 0) is 31.0 Å². The molecule has 142 valence electrons. The summed E-state index contributed by atoms with van der Waals surface area (Å²) in [5.74, 6) is 1.31. The summed E-state index contributed by atoms with van der Waals surface area (Å²) in [5, 5.41) is 3.37. The Morgan fingerprint density at radius 2 is 2.04 bits per heavy atom. The molecule has 0 spiro atoms. The number of imidazole rings is 1. The van der Waals surface area contributed by atoms with Crippen LogP contribution in [0.1, 0.15) is 12.5 Å². The minimum atomic E-state index is -0.295. The van der Waals surface area contributed by atoms with E-state index in [4.69, 9.17) is 9.47 Å². The molecule has 1 amide bonds. The molecule has 0 saturated carbocycles. The summed E-state index contributed by atoms with van der Waals surface area (Å²) >= 11 is 1.37. The van der Waals surface area contributed by atoms with Gasteiger partial charge in [0.05, 0.1) is 25.8 Å². The number of hydrogen-bond donors (Lipinski definition) is 2. The summed E-state index contributed by atoms with van der Waals surface area (Å²) in [6.45, 7) is 2.38. The van der Waals surface area contributed by atoms with Crippen LogP contribution < -0.4 is 14.8 Å². The van der Waals surface area contributed by atoms with E-state index in [1.165, 1.54) is 18.1 Å². The van der Waals surface area contributed by atoms with E-state index in [1.807, 2.05) is 25.1 Å². The Kier molecular flexibility index (Phi) is 6.12. The number of amides is 1. The van der Waals surface area contributed by atoms with Crippen LogP contribution in [0.2, 0.25) is 0 Å². The SMILES string of the molecule is COc1ccc(CCNC(=O)C(C)Sc2ncnc3nc[nH]c23)cc1OC. The molecule has 1 aromatic carbocycles. The van der Waals surface area contributed by atoms with Gasteiger partial charge in [0.25, 0.3) is 0 Å². The molecule has 1 atom stereocenters. The normalized spacial score (nSPS) is 12.0. The van der Waals surface area contributed by atoms with Gasteiger partial charge in [-0.2, -0.15) is 0 Å². The number of benzene rings is 1. The third kappa shape index (κ3) is 4.48.